The molecule has 1 amide bonds. The van der Waals surface area contributed by atoms with Gasteiger partial charge in [0.05, 0.1) is 0 Å². The Balaban J connectivity index is 2.24. The second kappa shape index (κ2) is 4.86. The van der Waals surface area contributed by atoms with E-state index in [9.17, 15) is 9.18 Å². The van der Waals surface area contributed by atoms with Crippen LogP contribution in [0.15, 0.2) is 18.2 Å². The number of amides is 1. The summed E-state index contributed by atoms with van der Waals surface area (Å²) >= 11 is 0. The fourth-order valence-electron chi connectivity index (χ4n) is 2.42. The largest absolute Gasteiger partial charge is 0.336 e. The number of carbonyl (C=O) groups is 1. The molecule has 0 aliphatic carbocycles. The number of likely N-dealkylation sites (tertiary alicyclic amines) is 1. The molecule has 1 aliphatic rings. The predicted octanol–water partition coefficient (Wildman–Crippen LogP) is 3.15. The fourth-order valence-corrected chi connectivity index (χ4v) is 2.42. The van der Waals surface area contributed by atoms with Crippen LogP contribution in [0.5, 0.6) is 0 Å². The smallest absolute Gasteiger partial charge is 0.254 e. The number of piperidine rings is 1. The summed E-state index contributed by atoms with van der Waals surface area (Å²) in [5, 5.41) is 0. The van der Waals surface area contributed by atoms with E-state index in [0.717, 1.165) is 19.4 Å². The summed E-state index contributed by atoms with van der Waals surface area (Å²) in [4.78, 5) is 14.3. The zero-order valence-corrected chi connectivity index (χ0v) is 10.4. The molecule has 0 radical (unpaired) electrons. The van der Waals surface area contributed by atoms with Gasteiger partial charge in [0, 0.05) is 18.2 Å². The predicted molar refractivity (Wildman–Crippen MR) is 65.5 cm³/mol. The third-order valence-electron chi connectivity index (χ3n) is 3.48. The van der Waals surface area contributed by atoms with Gasteiger partial charge in [-0.2, -0.15) is 0 Å². The zero-order chi connectivity index (χ0) is 12.4. The highest BCUT2D eigenvalue weighted by Gasteiger charge is 2.25. The Bertz CT molecular complexity index is 430. The molecule has 0 spiro atoms. The van der Waals surface area contributed by atoms with E-state index in [1.807, 2.05) is 4.90 Å². The molecule has 92 valence electrons. The lowest BCUT2D eigenvalue weighted by Crippen LogP contribution is -2.42. The molecule has 1 aliphatic heterocycles. The summed E-state index contributed by atoms with van der Waals surface area (Å²) in [6.45, 7) is 4.68. The maximum atomic E-state index is 13.0. The summed E-state index contributed by atoms with van der Waals surface area (Å²) in [5.41, 5.74) is 1.34. The molecule has 1 saturated heterocycles. The van der Waals surface area contributed by atoms with Crippen LogP contribution in [0, 0.1) is 12.7 Å². The minimum absolute atomic E-state index is 0.0368. The van der Waals surface area contributed by atoms with Crippen molar-refractivity contribution in [1.82, 2.24) is 4.90 Å². The molecule has 1 unspecified atom stereocenters. The highest BCUT2D eigenvalue weighted by Crippen LogP contribution is 2.21. The van der Waals surface area contributed by atoms with Crippen molar-refractivity contribution in [2.75, 3.05) is 6.54 Å². The Kier molecular flexibility index (Phi) is 3.46. The van der Waals surface area contributed by atoms with E-state index in [4.69, 9.17) is 0 Å². The molecule has 2 nitrogen and oxygen atoms in total. The van der Waals surface area contributed by atoms with Gasteiger partial charge < -0.3 is 4.90 Å². The van der Waals surface area contributed by atoms with Gasteiger partial charge in [0.2, 0.25) is 0 Å². The van der Waals surface area contributed by atoms with Gasteiger partial charge >= 0.3 is 0 Å². The molecule has 1 atom stereocenters. The van der Waals surface area contributed by atoms with Crippen LogP contribution in [0.2, 0.25) is 0 Å². The topological polar surface area (TPSA) is 20.3 Å². The highest BCUT2D eigenvalue weighted by molar-refractivity contribution is 5.95. The molecule has 0 aromatic heterocycles. The maximum absolute atomic E-state index is 13.0. The SMILES string of the molecule is Cc1cc(F)ccc1C(=O)N1CCCCC1C. The van der Waals surface area contributed by atoms with Gasteiger partial charge in [0.15, 0.2) is 0 Å². The lowest BCUT2D eigenvalue weighted by Gasteiger charge is -2.33. The first-order valence-corrected chi connectivity index (χ1v) is 6.16. The first-order chi connectivity index (χ1) is 8.09. The van der Waals surface area contributed by atoms with E-state index in [2.05, 4.69) is 6.92 Å². The second-order valence-corrected chi connectivity index (χ2v) is 4.80. The average Bonchev–Trinajstić information content (AvgIpc) is 2.29. The Morgan fingerprint density at radius 2 is 2.18 bits per heavy atom. The average molecular weight is 235 g/mol. The van der Waals surface area contributed by atoms with Crippen molar-refractivity contribution in [2.45, 2.75) is 39.2 Å². The number of aryl methyl sites for hydroxylation is 1. The number of nitrogens with zero attached hydrogens (tertiary/aromatic N) is 1. The fraction of sp³-hybridized carbons (Fsp3) is 0.500. The van der Waals surface area contributed by atoms with E-state index in [0.29, 0.717) is 17.2 Å². The van der Waals surface area contributed by atoms with Gasteiger partial charge in [-0.15, -0.1) is 0 Å². The molecule has 1 aromatic rings. The molecular formula is C14H18FNO. The highest BCUT2D eigenvalue weighted by atomic mass is 19.1. The summed E-state index contributed by atoms with van der Waals surface area (Å²) in [6, 6.07) is 4.66. The standard InChI is InChI=1S/C14H18FNO/c1-10-9-12(15)6-7-13(10)14(17)16-8-4-3-5-11(16)2/h6-7,9,11H,3-5,8H2,1-2H3. The molecular weight excluding hydrogens is 217 g/mol. The van der Waals surface area contributed by atoms with Crippen molar-refractivity contribution in [3.8, 4) is 0 Å². The first kappa shape index (κ1) is 12.1. The summed E-state index contributed by atoms with van der Waals surface area (Å²) < 4.78 is 13.0. The Morgan fingerprint density at radius 3 is 2.82 bits per heavy atom. The molecule has 2 rings (SSSR count). The lowest BCUT2D eigenvalue weighted by atomic mass is 10.0. The molecule has 3 heteroatoms. The van der Waals surface area contributed by atoms with Gasteiger partial charge in [0.1, 0.15) is 5.82 Å². The van der Waals surface area contributed by atoms with Crippen molar-refractivity contribution < 1.29 is 9.18 Å². The Labute approximate surface area is 101 Å². The van der Waals surface area contributed by atoms with Gasteiger partial charge in [-0.25, -0.2) is 4.39 Å². The van der Waals surface area contributed by atoms with Crippen molar-refractivity contribution in [2.24, 2.45) is 0 Å². The molecule has 1 aromatic carbocycles. The van der Waals surface area contributed by atoms with Crippen LogP contribution in [0.3, 0.4) is 0 Å². The number of rotatable bonds is 1. The molecule has 0 saturated carbocycles. The molecule has 0 N–H and O–H groups in total. The van der Waals surface area contributed by atoms with Crippen LogP contribution >= 0.6 is 0 Å². The Hall–Kier alpha value is -1.38. The summed E-state index contributed by atoms with van der Waals surface area (Å²) in [7, 11) is 0. The lowest BCUT2D eigenvalue weighted by molar-refractivity contribution is 0.0635. The summed E-state index contributed by atoms with van der Waals surface area (Å²) in [6.07, 6.45) is 3.32. The monoisotopic (exact) mass is 235 g/mol. The number of carbonyl (C=O) groups excluding carboxylic acids is 1. The van der Waals surface area contributed by atoms with E-state index >= 15 is 0 Å². The van der Waals surface area contributed by atoms with E-state index in [1.54, 1.807) is 13.0 Å². The van der Waals surface area contributed by atoms with Crippen molar-refractivity contribution in [3.63, 3.8) is 0 Å². The molecule has 17 heavy (non-hydrogen) atoms. The molecule has 1 fully saturated rings. The summed E-state index contributed by atoms with van der Waals surface area (Å²) in [5.74, 6) is -0.250. The van der Waals surface area contributed by atoms with E-state index in [1.165, 1.54) is 18.6 Å². The number of hydrogen-bond donors (Lipinski definition) is 0. The van der Waals surface area contributed by atoms with Crippen LogP contribution in [0.4, 0.5) is 4.39 Å². The van der Waals surface area contributed by atoms with Gasteiger partial charge in [-0.3, -0.25) is 4.79 Å². The maximum Gasteiger partial charge on any atom is 0.254 e. The van der Waals surface area contributed by atoms with Gasteiger partial charge in [-0.05, 0) is 56.9 Å². The van der Waals surface area contributed by atoms with Crippen molar-refractivity contribution in [3.05, 3.63) is 35.1 Å². The van der Waals surface area contributed by atoms with Gasteiger partial charge in [0.25, 0.3) is 5.91 Å². The van der Waals surface area contributed by atoms with Crippen molar-refractivity contribution >= 4 is 5.91 Å². The van der Waals surface area contributed by atoms with Crippen LogP contribution < -0.4 is 0 Å². The zero-order valence-electron chi connectivity index (χ0n) is 10.4. The Morgan fingerprint density at radius 1 is 1.41 bits per heavy atom. The molecule has 0 bridgehead atoms. The van der Waals surface area contributed by atoms with Gasteiger partial charge in [-0.1, -0.05) is 0 Å². The third kappa shape index (κ3) is 2.48. The quantitative estimate of drug-likeness (QED) is 0.732. The van der Waals surface area contributed by atoms with E-state index in [-0.39, 0.29) is 11.7 Å². The first-order valence-electron chi connectivity index (χ1n) is 6.16. The van der Waals surface area contributed by atoms with Crippen molar-refractivity contribution in [1.29, 1.82) is 0 Å². The minimum atomic E-state index is -0.286. The van der Waals surface area contributed by atoms with Crippen LogP contribution in [0.25, 0.3) is 0 Å². The number of halogens is 1. The molecule has 1 heterocycles. The van der Waals surface area contributed by atoms with E-state index < -0.39 is 0 Å². The van der Waals surface area contributed by atoms with Crippen LogP contribution in [0.1, 0.15) is 42.1 Å². The second-order valence-electron chi connectivity index (χ2n) is 4.80. The number of benzene rings is 1. The third-order valence-corrected chi connectivity index (χ3v) is 3.48. The van der Waals surface area contributed by atoms with Crippen LogP contribution in [-0.4, -0.2) is 23.4 Å². The normalized spacial score (nSPS) is 20.4. The van der Waals surface area contributed by atoms with Crippen LogP contribution in [-0.2, 0) is 0 Å². The number of hydrogen-bond acceptors (Lipinski definition) is 1. The minimum Gasteiger partial charge on any atom is -0.336 e.